The van der Waals surface area contributed by atoms with Crippen molar-refractivity contribution in [3.8, 4) is 11.6 Å². The Morgan fingerprint density at radius 1 is 1.21 bits per heavy atom. The molecule has 0 aliphatic carbocycles. The molecule has 33 heavy (non-hydrogen) atoms. The average molecular weight is 504 g/mol. The third kappa shape index (κ3) is 5.07. The molecule has 2 N–H and O–H groups in total. The third-order valence-corrected chi connectivity index (χ3v) is 6.56. The lowest BCUT2D eigenvalue weighted by Gasteiger charge is -2.29. The van der Waals surface area contributed by atoms with Crippen LogP contribution >= 0.6 is 11.6 Å². The highest BCUT2D eigenvalue weighted by Crippen LogP contribution is 2.40. The minimum atomic E-state index is -6.04. The third-order valence-electron chi connectivity index (χ3n) is 5.29. The van der Waals surface area contributed by atoms with E-state index in [1.165, 1.54) is 18.2 Å². The minimum absolute atomic E-state index is 0.0594. The summed E-state index contributed by atoms with van der Waals surface area (Å²) in [5, 5.41) is 6.10. The molecule has 3 heterocycles. The normalized spacial score (nSPS) is 22.5. The SMILES string of the molecule is [C-]#[N+]c1ccc(Nc2ncnc(OC3CC4CCC(C3)N4)c2OS(=O)(=O)C(F)(F)F)c(Cl)c1. The first-order chi connectivity index (χ1) is 15.6. The van der Waals surface area contributed by atoms with Crippen molar-refractivity contribution in [2.45, 2.75) is 49.4 Å². The van der Waals surface area contributed by atoms with Gasteiger partial charge in [0.15, 0.2) is 11.5 Å². The standard InChI is InChI=1S/C19H17ClF3N5O4S/c1-24-10-4-5-15(14(20)8-10)28-17-16(32-33(29,30)19(21,22)23)18(26-9-25-17)31-13-6-11-2-3-12(7-13)27-11/h4-5,8-9,11-13,27H,2-3,6-7H2,(H,25,26,28). The maximum Gasteiger partial charge on any atom is 0.534 e. The van der Waals surface area contributed by atoms with Crippen molar-refractivity contribution in [1.82, 2.24) is 15.3 Å². The number of halogens is 4. The van der Waals surface area contributed by atoms with Crippen LogP contribution < -0.4 is 19.6 Å². The molecule has 2 atom stereocenters. The maximum atomic E-state index is 13.1. The number of nitrogens with zero attached hydrogens (tertiary/aromatic N) is 3. The van der Waals surface area contributed by atoms with E-state index in [1.54, 1.807) is 0 Å². The molecule has 176 valence electrons. The van der Waals surface area contributed by atoms with Crippen molar-refractivity contribution in [3.05, 3.63) is 41.0 Å². The van der Waals surface area contributed by atoms with Gasteiger partial charge in [0.05, 0.1) is 17.3 Å². The van der Waals surface area contributed by atoms with E-state index in [0.29, 0.717) is 12.8 Å². The second-order valence-corrected chi connectivity index (χ2v) is 9.53. The van der Waals surface area contributed by atoms with Crippen LogP contribution in [0.2, 0.25) is 5.02 Å². The largest absolute Gasteiger partial charge is 0.534 e. The first-order valence-electron chi connectivity index (χ1n) is 9.78. The van der Waals surface area contributed by atoms with Crippen molar-refractivity contribution in [2.24, 2.45) is 0 Å². The number of hydrogen-bond acceptors (Lipinski definition) is 8. The number of alkyl halides is 3. The summed E-state index contributed by atoms with van der Waals surface area (Å²) in [7, 11) is -6.04. The van der Waals surface area contributed by atoms with Crippen LogP contribution in [0.15, 0.2) is 24.5 Å². The van der Waals surface area contributed by atoms with Gasteiger partial charge in [-0.25, -0.2) is 9.83 Å². The van der Waals surface area contributed by atoms with E-state index in [9.17, 15) is 21.6 Å². The first kappa shape index (κ1) is 23.3. The Morgan fingerprint density at radius 3 is 2.52 bits per heavy atom. The summed E-state index contributed by atoms with van der Waals surface area (Å²) in [6.45, 7) is 7.02. The summed E-state index contributed by atoms with van der Waals surface area (Å²) in [5.74, 6) is -1.69. The predicted molar refractivity (Wildman–Crippen MR) is 112 cm³/mol. The van der Waals surface area contributed by atoms with Gasteiger partial charge in [0.2, 0.25) is 5.75 Å². The van der Waals surface area contributed by atoms with Crippen LogP contribution in [0.1, 0.15) is 25.7 Å². The number of aromatic nitrogens is 2. The molecule has 9 nitrogen and oxygen atoms in total. The molecule has 1 aromatic heterocycles. The van der Waals surface area contributed by atoms with Crippen LogP contribution in [0.4, 0.5) is 30.4 Å². The average Bonchev–Trinajstić information content (AvgIpc) is 3.08. The predicted octanol–water partition coefficient (Wildman–Crippen LogP) is 4.31. The van der Waals surface area contributed by atoms with Gasteiger partial charge in [-0.1, -0.05) is 17.7 Å². The highest BCUT2D eigenvalue weighted by molar-refractivity contribution is 7.88. The number of fused-ring (bicyclic) bond motifs is 2. The highest BCUT2D eigenvalue weighted by Gasteiger charge is 2.49. The van der Waals surface area contributed by atoms with Gasteiger partial charge in [-0.15, -0.1) is 0 Å². The number of anilines is 2. The second-order valence-electron chi connectivity index (χ2n) is 7.59. The number of rotatable bonds is 6. The van der Waals surface area contributed by atoms with Crippen LogP contribution in [0.3, 0.4) is 0 Å². The summed E-state index contributed by atoms with van der Waals surface area (Å²) in [6, 6.07) is 4.54. The van der Waals surface area contributed by atoms with Gasteiger partial charge in [-0.2, -0.15) is 26.6 Å². The molecule has 2 aromatic rings. The zero-order valence-corrected chi connectivity index (χ0v) is 18.3. The number of hydrogen-bond donors (Lipinski definition) is 2. The molecule has 0 saturated carbocycles. The fourth-order valence-corrected chi connectivity index (χ4v) is 4.51. The van der Waals surface area contributed by atoms with Gasteiger partial charge in [0.1, 0.15) is 12.4 Å². The Morgan fingerprint density at radius 2 is 1.91 bits per heavy atom. The smallest absolute Gasteiger partial charge is 0.471 e. The molecular weight excluding hydrogens is 487 g/mol. The second kappa shape index (κ2) is 8.85. The van der Waals surface area contributed by atoms with Crippen molar-refractivity contribution in [3.63, 3.8) is 0 Å². The fourth-order valence-electron chi connectivity index (χ4n) is 3.82. The molecule has 14 heteroatoms. The Hall–Kier alpha value is -2.82. The molecule has 2 aliphatic heterocycles. The molecule has 2 aliphatic rings. The van der Waals surface area contributed by atoms with Gasteiger partial charge >= 0.3 is 15.6 Å². The van der Waals surface area contributed by atoms with Gasteiger partial charge < -0.3 is 19.6 Å². The zero-order valence-electron chi connectivity index (χ0n) is 16.8. The van der Waals surface area contributed by atoms with Crippen LogP contribution in [0, 0.1) is 6.57 Å². The van der Waals surface area contributed by atoms with E-state index in [4.69, 9.17) is 22.9 Å². The Balaban J connectivity index is 1.69. The highest BCUT2D eigenvalue weighted by atomic mass is 35.5. The van der Waals surface area contributed by atoms with Gasteiger partial charge in [0.25, 0.3) is 5.88 Å². The van der Waals surface area contributed by atoms with Gasteiger partial charge in [0, 0.05) is 12.1 Å². The molecule has 0 spiro atoms. The lowest BCUT2D eigenvalue weighted by Crippen LogP contribution is -2.42. The quantitative estimate of drug-likeness (QED) is 0.341. The van der Waals surface area contributed by atoms with Crippen LogP contribution in [-0.4, -0.2) is 42.1 Å². The van der Waals surface area contributed by atoms with Crippen LogP contribution in [0.25, 0.3) is 4.85 Å². The Bertz CT molecular complexity index is 1190. The minimum Gasteiger partial charge on any atom is -0.471 e. The summed E-state index contributed by atoms with van der Waals surface area (Å²) in [6.07, 6.45) is 3.67. The van der Waals surface area contributed by atoms with Crippen LogP contribution in [-0.2, 0) is 10.1 Å². The Labute approximate surface area is 192 Å². The number of nitrogens with one attached hydrogen (secondary N) is 2. The zero-order chi connectivity index (χ0) is 23.8. The maximum absolute atomic E-state index is 13.1. The molecule has 1 aromatic carbocycles. The van der Waals surface area contributed by atoms with E-state index < -0.39 is 39.2 Å². The van der Waals surface area contributed by atoms with Crippen molar-refractivity contribution in [2.75, 3.05) is 5.32 Å². The number of piperidine rings is 1. The van der Waals surface area contributed by atoms with E-state index in [2.05, 4.69) is 29.6 Å². The van der Waals surface area contributed by atoms with Crippen molar-refractivity contribution >= 4 is 38.9 Å². The van der Waals surface area contributed by atoms with Crippen molar-refractivity contribution < 1.29 is 30.5 Å². The molecule has 0 radical (unpaired) electrons. The van der Waals surface area contributed by atoms with Gasteiger partial charge in [-0.05, 0) is 37.8 Å². The van der Waals surface area contributed by atoms with Crippen molar-refractivity contribution in [1.29, 1.82) is 0 Å². The van der Waals surface area contributed by atoms with Crippen LogP contribution in [0.5, 0.6) is 11.6 Å². The monoisotopic (exact) mass is 503 g/mol. The van der Waals surface area contributed by atoms with E-state index in [0.717, 1.165) is 19.2 Å². The molecule has 2 fully saturated rings. The fraction of sp³-hybridized carbons (Fsp3) is 0.421. The number of ether oxygens (including phenoxy) is 1. The molecule has 0 amide bonds. The van der Waals surface area contributed by atoms with E-state index in [1.807, 2.05) is 0 Å². The first-order valence-corrected chi connectivity index (χ1v) is 11.6. The lowest BCUT2D eigenvalue weighted by atomic mass is 10.0. The molecule has 2 saturated heterocycles. The van der Waals surface area contributed by atoms with E-state index in [-0.39, 0.29) is 28.5 Å². The molecule has 2 unspecified atom stereocenters. The lowest BCUT2D eigenvalue weighted by molar-refractivity contribution is -0.0500. The molecule has 4 rings (SSSR count). The molecule has 2 bridgehead atoms. The summed E-state index contributed by atoms with van der Waals surface area (Å²) >= 11 is 6.12. The number of benzene rings is 1. The Kier molecular flexibility index (Phi) is 6.26. The van der Waals surface area contributed by atoms with E-state index >= 15 is 0 Å². The topological polar surface area (TPSA) is 107 Å². The summed E-state index contributed by atoms with van der Waals surface area (Å²) in [4.78, 5) is 10.9. The summed E-state index contributed by atoms with van der Waals surface area (Å²) < 4.78 is 73.0. The molecular formula is C19H17ClF3N5O4S. The summed E-state index contributed by atoms with van der Waals surface area (Å²) in [5.41, 5.74) is -5.29. The van der Waals surface area contributed by atoms with Gasteiger partial charge in [-0.3, -0.25) is 0 Å².